The van der Waals surface area contributed by atoms with Gasteiger partial charge in [0.25, 0.3) is 0 Å². The van der Waals surface area contributed by atoms with E-state index >= 15 is 0 Å². The maximum absolute atomic E-state index is 11.9. The molecule has 0 saturated carbocycles. The number of carbonyl (C=O) groups is 2. The molecule has 5 heteroatoms. The summed E-state index contributed by atoms with van der Waals surface area (Å²) in [6.45, 7) is 6.77. The van der Waals surface area contributed by atoms with Crippen LogP contribution in [0.25, 0.3) is 0 Å². The van der Waals surface area contributed by atoms with Crippen LogP contribution in [0.1, 0.15) is 25.5 Å². The zero-order valence-electron chi connectivity index (χ0n) is 11.6. The molecule has 1 aliphatic heterocycles. The van der Waals surface area contributed by atoms with Crippen molar-refractivity contribution in [1.82, 2.24) is 4.90 Å². The van der Waals surface area contributed by atoms with E-state index in [-0.39, 0.29) is 24.2 Å². The summed E-state index contributed by atoms with van der Waals surface area (Å²) in [6.07, 6.45) is 2.44. The van der Waals surface area contributed by atoms with Crippen molar-refractivity contribution in [3.8, 4) is 0 Å². The normalized spacial score (nSPS) is 18.4. The van der Waals surface area contributed by atoms with Crippen molar-refractivity contribution >= 4 is 11.9 Å². The number of likely N-dealkylation sites (tertiary alicyclic amines) is 1. The summed E-state index contributed by atoms with van der Waals surface area (Å²) in [4.78, 5) is 25.4. The van der Waals surface area contributed by atoms with Crippen LogP contribution in [0.5, 0.6) is 0 Å². The second-order valence-corrected chi connectivity index (χ2v) is 5.13. The molecule has 0 spiro atoms. The summed E-state index contributed by atoms with van der Waals surface area (Å²) in [6, 6.07) is 3.59. The Hall–Kier alpha value is -2.04. The monoisotopic (exact) mass is 277 g/mol. The molecular formula is C15H19NO4. The smallest absolute Gasteiger partial charge is 0.311 e. The fraction of sp³-hybridized carbons (Fsp3) is 0.467. The Morgan fingerprint density at radius 3 is 3.05 bits per heavy atom. The molecule has 1 atom stereocenters. The van der Waals surface area contributed by atoms with E-state index in [0.717, 1.165) is 11.3 Å². The highest BCUT2D eigenvalue weighted by Gasteiger charge is 2.35. The van der Waals surface area contributed by atoms with Crippen molar-refractivity contribution in [2.75, 3.05) is 13.2 Å². The standard InChI is InChI=1S/C15H19NO4/c1-11(2)5-7-20-15(18)12-8-14(17)16(9-12)10-13-4-3-6-19-13/h3-4,6,12H,1,5,7-10H2,2H3/t12-/m0/s1. The van der Waals surface area contributed by atoms with Crippen LogP contribution in [0, 0.1) is 5.92 Å². The van der Waals surface area contributed by atoms with Gasteiger partial charge in [-0.1, -0.05) is 5.57 Å². The Kier molecular flexibility index (Phi) is 4.61. The predicted octanol–water partition coefficient (Wildman–Crippen LogP) is 2.14. The van der Waals surface area contributed by atoms with E-state index in [4.69, 9.17) is 9.15 Å². The largest absolute Gasteiger partial charge is 0.467 e. The van der Waals surface area contributed by atoms with E-state index in [2.05, 4.69) is 6.58 Å². The van der Waals surface area contributed by atoms with E-state index in [1.807, 2.05) is 13.0 Å². The third-order valence-electron chi connectivity index (χ3n) is 3.25. The molecule has 1 aliphatic rings. The quantitative estimate of drug-likeness (QED) is 0.590. The van der Waals surface area contributed by atoms with Gasteiger partial charge in [0.05, 0.1) is 25.3 Å². The summed E-state index contributed by atoms with van der Waals surface area (Å²) < 4.78 is 10.4. The molecule has 20 heavy (non-hydrogen) atoms. The fourth-order valence-corrected chi connectivity index (χ4v) is 2.12. The number of ether oxygens (including phenoxy) is 1. The zero-order valence-corrected chi connectivity index (χ0v) is 11.6. The van der Waals surface area contributed by atoms with E-state index in [9.17, 15) is 9.59 Å². The summed E-state index contributed by atoms with van der Waals surface area (Å²) in [5, 5.41) is 0. The molecule has 1 aromatic heterocycles. The maximum Gasteiger partial charge on any atom is 0.311 e. The first-order valence-electron chi connectivity index (χ1n) is 6.67. The molecule has 1 fully saturated rings. The molecule has 0 aromatic carbocycles. The van der Waals surface area contributed by atoms with E-state index in [1.54, 1.807) is 17.2 Å². The Balaban J connectivity index is 1.82. The molecule has 0 bridgehead atoms. The Morgan fingerprint density at radius 2 is 2.40 bits per heavy atom. The van der Waals surface area contributed by atoms with Gasteiger partial charge < -0.3 is 14.1 Å². The van der Waals surface area contributed by atoms with E-state index < -0.39 is 0 Å². The summed E-state index contributed by atoms with van der Waals surface area (Å²) in [7, 11) is 0. The Bertz CT molecular complexity index is 492. The van der Waals surface area contributed by atoms with Crippen molar-refractivity contribution in [3.05, 3.63) is 36.3 Å². The van der Waals surface area contributed by atoms with Crippen molar-refractivity contribution in [2.45, 2.75) is 26.3 Å². The molecule has 0 N–H and O–H groups in total. The van der Waals surface area contributed by atoms with Gasteiger partial charge in [-0.05, 0) is 19.1 Å². The molecule has 0 unspecified atom stereocenters. The highest BCUT2D eigenvalue weighted by Crippen LogP contribution is 2.21. The lowest BCUT2D eigenvalue weighted by Crippen LogP contribution is -2.26. The number of rotatable bonds is 6. The lowest BCUT2D eigenvalue weighted by molar-refractivity contribution is -0.148. The zero-order chi connectivity index (χ0) is 14.5. The molecular weight excluding hydrogens is 258 g/mol. The van der Waals surface area contributed by atoms with Gasteiger partial charge in [-0.15, -0.1) is 6.58 Å². The minimum absolute atomic E-state index is 0.0387. The number of nitrogens with zero attached hydrogens (tertiary/aromatic N) is 1. The highest BCUT2D eigenvalue weighted by atomic mass is 16.5. The van der Waals surface area contributed by atoms with Crippen molar-refractivity contribution in [1.29, 1.82) is 0 Å². The predicted molar refractivity (Wildman–Crippen MR) is 72.6 cm³/mol. The number of hydrogen-bond acceptors (Lipinski definition) is 4. The summed E-state index contributed by atoms with van der Waals surface area (Å²) in [5.74, 6) is 0.00188. The minimum atomic E-state index is -0.373. The molecule has 108 valence electrons. The van der Waals surface area contributed by atoms with Crippen molar-refractivity contribution in [2.24, 2.45) is 5.92 Å². The van der Waals surface area contributed by atoms with Crippen LogP contribution >= 0.6 is 0 Å². The van der Waals surface area contributed by atoms with Gasteiger partial charge in [-0.2, -0.15) is 0 Å². The second kappa shape index (κ2) is 6.41. The first kappa shape index (κ1) is 14.4. The van der Waals surface area contributed by atoms with Crippen LogP contribution in [0.3, 0.4) is 0 Å². The maximum atomic E-state index is 11.9. The average molecular weight is 277 g/mol. The number of hydrogen-bond donors (Lipinski definition) is 0. The molecule has 1 saturated heterocycles. The molecule has 5 nitrogen and oxygen atoms in total. The van der Waals surface area contributed by atoms with Gasteiger partial charge in [-0.3, -0.25) is 9.59 Å². The van der Waals surface area contributed by atoms with E-state index in [0.29, 0.717) is 26.1 Å². The number of furan rings is 1. The van der Waals surface area contributed by atoms with Crippen LogP contribution in [-0.2, 0) is 20.9 Å². The first-order chi connectivity index (χ1) is 9.56. The summed E-state index contributed by atoms with van der Waals surface area (Å²) in [5.41, 5.74) is 0.972. The number of carbonyl (C=O) groups excluding carboxylic acids is 2. The highest BCUT2D eigenvalue weighted by molar-refractivity contribution is 5.86. The summed E-state index contributed by atoms with van der Waals surface area (Å²) >= 11 is 0. The van der Waals surface area contributed by atoms with Crippen LogP contribution in [0.2, 0.25) is 0 Å². The SMILES string of the molecule is C=C(C)CCOC(=O)[C@H]1CC(=O)N(Cc2ccco2)C1. The lowest BCUT2D eigenvalue weighted by atomic mass is 10.1. The third-order valence-corrected chi connectivity index (χ3v) is 3.25. The fourth-order valence-electron chi connectivity index (χ4n) is 2.12. The molecule has 1 aromatic rings. The topological polar surface area (TPSA) is 59.8 Å². The van der Waals surface area contributed by atoms with Gasteiger partial charge in [0.1, 0.15) is 5.76 Å². The van der Waals surface area contributed by atoms with Crippen LogP contribution in [-0.4, -0.2) is 29.9 Å². The molecule has 2 rings (SSSR count). The van der Waals surface area contributed by atoms with Crippen molar-refractivity contribution in [3.63, 3.8) is 0 Å². The molecule has 2 heterocycles. The van der Waals surface area contributed by atoms with Gasteiger partial charge >= 0.3 is 5.97 Å². The van der Waals surface area contributed by atoms with E-state index in [1.165, 1.54) is 0 Å². The van der Waals surface area contributed by atoms with Crippen LogP contribution < -0.4 is 0 Å². The average Bonchev–Trinajstić information content (AvgIpc) is 3.00. The van der Waals surface area contributed by atoms with Gasteiger partial charge in [-0.25, -0.2) is 0 Å². The Labute approximate surface area is 118 Å². The number of amides is 1. The number of esters is 1. The third kappa shape index (κ3) is 3.73. The Morgan fingerprint density at radius 1 is 1.60 bits per heavy atom. The molecule has 1 amide bonds. The molecule has 0 aliphatic carbocycles. The van der Waals surface area contributed by atoms with Crippen LogP contribution in [0.4, 0.5) is 0 Å². The van der Waals surface area contributed by atoms with Crippen molar-refractivity contribution < 1.29 is 18.7 Å². The van der Waals surface area contributed by atoms with Gasteiger partial charge in [0, 0.05) is 19.4 Å². The van der Waals surface area contributed by atoms with Crippen LogP contribution in [0.15, 0.2) is 35.0 Å². The second-order valence-electron chi connectivity index (χ2n) is 5.13. The van der Waals surface area contributed by atoms with Gasteiger partial charge in [0.15, 0.2) is 0 Å². The molecule has 0 radical (unpaired) electrons. The first-order valence-corrected chi connectivity index (χ1v) is 6.67. The lowest BCUT2D eigenvalue weighted by Gasteiger charge is -2.14. The minimum Gasteiger partial charge on any atom is -0.467 e. The van der Waals surface area contributed by atoms with Gasteiger partial charge in [0.2, 0.25) is 5.91 Å².